The highest BCUT2D eigenvalue weighted by molar-refractivity contribution is 5.80. The molecule has 0 N–H and O–H groups in total. The van der Waals surface area contributed by atoms with Crippen LogP contribution in [0.25, 0.3) is 0 Å². The number of hydrogen-bond acceptors (Lipinski definition) is 5. The summed E-state index contributed by atoms with van der Waals surface area (Å²) in [6.45, 7) is 1.96. The smallest absolute Gasteiger partial charge is 0.317 e. The lowest BCUT2D eigenvalue weighted by Crippen LogP contribution is -2.51. The van der Waals surface area contributed by atoms with Gasteiger partial charge in [0.2, 0.25) is 0 Å². The van der Waals surface area contributed by atoms with Crippen molar-refractivity contribution in [3.8, 4) is 17.2 Å². The molecule has 5 heteroatoms. The second-order valence-electron chi connectivity index (χ2n) is 9.85. The van der Waals surface area contributed by atoms with Crippen LogP contribution in [0.3, 0.4) is 0 Å². The fourth-order valence-corrected chi connectivity index (χ4v) is 6.57. The fourth-order valence-electron chi connectivity index (χ4n) is 6.57. The summed E-state index contributed by atoms with van der Waals surface area (Å²) in [6.07, 6.45) is 7.49. The summed E-state index contributed by atoms with van der Waals surface area (Å²) < 4.78 is 16.9. The molecule has 0 atom stereocenters. The van der Waals surface area contributed by atoms with Crippen LogP contribution in [-0.2, 0) is 11.2 Å². The SMILES string of the molecule is COc1ccc(Cc2nc(C)ccc2OC(=O)C23CC4CC(CC(C4)C2)C3)cc1OC. The maximum absolute atomic E-state index is 13.5. The molecular weight excluding hydrogens is 390 g/mol. The first-order chi connectivity index (χ1) is 15.0. The summed E-state index contributed by atoms with van der Waals surface area (Å²) in [7, 11) is 3.26. The number of nitrogens with zero attached hydrogens (tertiary/aromatic N) is 1. The Morgan fingerprint density at radius 3 is 2.16 bits per heavy atom. The average molecular weight is 422 g/mol. The van der Waals surface area contributed by atoms with E-state index in [0.717, 1.165) is 36.2 Å². The molecule has 4 fully saturated rings. The van der Waals surface area contributed by atoms with Crippen molar-refractivity contribution in [3.05, 3.63) is 47.3 Å². The number of benzene rings is 1. The van der Waals surface area contributed by atoms with Gasteiger partial charge in [0, 0.05) is 12.1 Å². The molecule has 4 saturated carbocycles. The topological polar surface area (TPSA) is 57.7 Å². The number of esters is 1. The molecule has 0 amide bonds. The van der Waals surface area contributed by atoms with Crippen LogP contribution in [0.1, 0.15) is 55.5 Å². The number of aromatic nitrogens is 1. The molecule has 4 aliphatic carbocycles. The number of rotatable bonds is 6. The summed E-state index contributed by atoms with van der Waals surface area (Å²) in [6, 6.07) is 9.66. The molecule has 0 unspecified atom stereocenters. The maximum atomic E-state index is 13.5. The summed E-state index contributed by atoms with van der Waals surface area (Å²) in [5.41, 5.74) is 2.44. The van der Waals surface area contributed by atoms with Gasteiger partial charge in [0.25, 0.3) is 0 Å². The molecular formula is C26H31NO4. The minimum absolute atomic E-state index is 0.0363. The second kappa shape index (κ2) is 7.85. The number of carbonyl (C=O) groups is 1. The van der Waals surface area contributed by atoms with Gasteiger partial charge in [-0.2, -0.15) is 0 Å². The van der Waals surface area contributed by atoms with Crippen LogP contribution < -0.4 is 14.2 Å². The second-order valence-corrected chi connectivity index (χ2v) is 9.85. The van der Waals surface area contributed by atoms with E-state index in [-0.39, 0.29) is 11.4 Å². The summed E-state index contributed by atoms with van der Waals surface area (Å²) in [5.74, 6) is 4.05. The Morgan fingerprint density at radius 1 is 0.935 bits per heavy atom. The zero-order chi connectivity index (χ0) is 21.6. The van der Waals surface area contributed by atoms with Crippen LogP contribution >= 0.6 is 0 Å². The Morgan fingerprint density at radius 2 is 1.55 bits per heavy atom. The molecule has 0 aliphatic heterocycles. The Bertz CT molecular complexity index is 964. The van der Waals surface area contributed by atoms with E-state index in [4.69, 9.17) is 19.2 Å². The highest BCUT2D eigenvalue weighted by Gasteiger charge is 2.55. The summed E-state index contributed by atoms with van der Waals surface area (Å²) in [4.78, 5) is 18.2. The van der Waals surface area contributed by atoms with Crippen LogP contribution in [0.5, 0.6) is 17.2 Å². The van der Waals surface area contributed by atoms with Gasteiger partial charge in [0.05, 0.1) is 25.3 Å². The number of carbonyl (C=O) groups excluding carboxylic acids is 1. The summed E-state index contributed by atoms with van der Waals surface area (Å²) in [5, 5.41) is 0. The van der Waals surface area contributed by atoms with Crippen LogP contribution in [-0.4, -0.2) is 25.2 Å². The largest absolute Gasteiger partial charge is 0.493 e. The van der Waals surface area contributed by atoms with Crippen molar-refractivity contribution in [1.29, 1.82) is 0 Å². The highest BCUT2D eigenvalue weighted by atomic mass is 16.5. The normalized spacial score (nSPS) is 28.4. The number of methoxy groups -OCH3 is 2. The van der Waals surface area contributed by atoms with Crippen molar-refractivity contribution in [2.24, 2.45) is 23.2 Å². The predicted molar refractivity (Wildman–Crippen MR) is 118 cm³/mol. The third-order valence-corrected chi connectivity index (χ3v) is 7.57. The van der Waals surface area contributed by atoms with Crippen molar-refractivity contribution in [1.82, 2.24) is 4.98 Å². The third-order valence-electron chi connectivity index (χ3n) is 7.57. The molecule has 4 bridgehead atoms. The van der Waals surface area contributed by atoms with E-state index in [9.17, 15) is 4.79 Å². The maximum Gasteiger partial charge on any atom is 0.317 e. The van der Waals surface area contributed by atoms with Crippen molar-refractivity contribution in [2.45, 2.75) is 51.9 Å². The van der Waals surface area contributed by atoms with Gasteiger partial charge in [-0.3, -0.25) is 9.78 Å². The average Bonchev–Trinajstić information content (AvgIpc) is 2.74. The highest BCUT2D eigenvalue weighted by Crippen LogP contribution is 2.60. The van der Waals surface area contributed by atoms with E-state index in [1.807, 2.05) is 37.3 Å². The Balaban J connectivity index is 1.39. The van der Waals surface area contributed by atoms with E-state index >= 15 is 0 Å². The van der Waals surface area contributed by atoms with E-state index in [1.165, 1.54) is 19.3 Å². The zero-order valence-electron chi connectivity index (χ0n) is 18.6. The van der Waals surface area contributed by atoms with Gasteiger partial charge in [-0.05, 0) is 93.0 Å². The van der Waals surface area contributed by atoms with Gasteiger partial charge in [-0.25, -0.2) is 0 Å². The quantitative estimate of drug-likeness (QED) is 0.606. The minimum atomic E-state index is -0.278. The number of aryl methyl sites for hydroxylation is 1. The molecule has 0 radical (unpaired) electrons. The van der Waals surface area contributed by atoms with Gasteiger partial charge in [-0.1, -0.05) is 6.07 Å². The first kappa shape index (κ1) is 20.3. The standard InChI is InChI=1S/C26H31NO4/c1-16-4-6-22(21(27-16)11-17-5-7-23(29-2)24(12-17)30-3)31-25(28)26-13-18-8-19(14-26)10-20(9-18)15-26/h4-7,12,18-20H,8-11,13-15H2,1-3H3. The number of ether oxygens (including phenoxy) is 3. The molecule has 0 spiro atoms. The number of pyridine rings is 1. The molecule has 164 valence electrons. The molecule has 1 heterocycles. The van der Waals surface area contributed by atoms with Gasteiger partial charge in [0.1, 0.15) is 0 Å². The fraction of sp³-hybridized carbons (Fsp3) is 0.538. The van der Waals surface area contributed by atoms with Crippen LogP contribution in [0.15, 0.2) is 30.3 Å². The molecule has 6 rings (SSSR count). The molecule has 1 aromatic carbocycles. The van der Waals surface area contributed by atoms with Gasteiger partial charge < -0.3 is 14.2 Å². The van der Waals surface area contributed by atoms with Gasteiger partial charge >= 0.3 is 5.97 Å². The molecule has 4 aliphatic rings. The first-order valence-electron chi connectivity index (χ1n) is 11.4. The van der Waals surface area contributed by atoms with E-state index in [0.29, 0.717) is 41.4 Å². The third kappa shape index (κ3) is 3.79. The molecule has 0 saturated heterocycles. The van der Waals surface area contributed by atoms with Crippen LogP contribution in [0.2, 0.25) is 0 Å². The molecule has 5 nitrogen and oxygen atoms in total. The van der Waals surface area contributed by atoms with Gasteiger partial charge in [-0.15, -0.1) is 0 Å². The van der Waals surface area contributed by atoms with Crippen molar-refractivity contribution >= 4 is 5.97 Å². The molecule has 31 heavy (non-hydrogen) atoms. The number of hydrogen-bond donors (Lipinski definition) is 0. The molecule has 2 aromatic rings. The van der Waals surface area contributed by atoms with Crippen molar-refractivity contribution in [3.63, 3.8) is 0 Å². The lowest BCUT2D eigenvalue weighted by Gasteiger charge is -2.55. The van der Waals surface area contributed by atoms with E-state index in [1.54, 1.807) is 14.2 Å². The van der Waals surface area contributed by atoms with Gasteiger partial charge in [0.15, 0.2) is 17.2 Å². The Hall–Kier alpha value is -2.56. The van der Waals surface area contributed by atoms with Crippen LogP contribution in [0.4, 0.5) is 0 Å². The van der Waals surface area contributed by atoms with E-state index in [2.05, 4.69) is 0 Å². The summed E-state index contributed by atoms with van der Waals surface area (Å²) >= 11 is 0. The zero-order valence-corrected chi connectivity index (χ0v) is 18.6. The first-order valence-corrected chi connectivity index (χ1v) is 11.4. The molecule has 1 aromatic heterocycles. The Kier molecular flexibility index (Phi) is 5.15. The predicted octanol–water partition coefficient (Wildman–Crippen LogP) is 5.12. The Labute approximate surface area is 184 Å². The van der Waals surface area contributed by atoms with E-state index < -0.39 is 0 Å². The minimum Gasteiger partial charge on any atom is -0.493 e. The van der Waals surface area contributed by atoms with Crippen molar-refractivity contribution < 1.29 is 19.0 Å². The van der Waals surface area contributed by atoms with Crippen molar-refractivity contribution in [2.75, 3.05) is 14.2 Å². The van der Waals surface area contributed by atoms with Crippen LogP contribution in [0, 0.1) is 30.1 Å². The lowest BCUT2D eigenvalue weighted by atomic mass is 9.49. The lowest BCUT2D eigenvalue weighted by molar-refractivity contribution is -0.161. The monoisotopic (exact) mass is 421 g/mol.